The number of anilines is 1. The highest BCUT2D eigenvalue weighted by Gasteiger charge is 2.13. The lowest BCUT2D eigenvalue weighted by Crippen LogP contribution is -2.14. The number of halogens is 2. The predicted molar refractivity (Wildman–Crippen MR) is 75.3 cm³/mol. The van der Waals surface area contributed by atoms with Crippen LogP contribution in [0.3, 0.4) is 0 Å². The van der Waals surface area contributed by atoms with Crippen LogP contribution in [0.5, 0.6) is 0 Å². The molecule has 1 heterocycles. The molecule has 2 rings (SSSR count). The van der Waals surface area contributed by atoms with Gasteiger partial charge in [0.25, 0.3) is 5.91 Å². The Labute approximate surface area is 124 Å². The van der Waals surface area contributed by atoms with Crippen molar-refractivity contribution in [1.29, 1.82) is 0 Å². The zero-order chi connectivity index (χ0) is 15.6. The highest BCUT2D eigenvalue weighted by molar-refractivity contribution is 6.29. The molecule has 0 fully saturated rings. The van der Waals surface area contributed by atoms with E-state index in [1.165, 1.54) is 12.1 Å². The summed E-state index contributed by atoms with van der Waals surface area (Å²) in [4.78, 5) is 26.8. The Bertz CT molecular complexity index is 714. The van der Waals surface area contributed by atoms with Crippen molar-refractivity contribution in [2.45, 2.75) is 6.92 Å². The van der Waals surface area contributed by atoms with E-state index in [9.17, 15) is 14.0 Å². The third kappa shape index (κ3) is 3.55. The van der Waals surface area contributed by atoms with Crippen molar-refractivity contribution in [2.24, 2.45) is 0 Å². The van der Waals surface area contributed by atoms with Gasteiger partial charge in [0.1, 0.15) is 11.0 Å². The largest absolute Gasteiger partial charge is 0.478 e. The summed E-state index contributed by atoms with van der Waals surface area (Å²) < 4.78 is 13.6. The molecule has 0 aliphatic heterocycles. The van der Waals surface area contributed by atoms with Crippen molar-refractivity contribution >= 4 is 29.2 Å². The second kappa shape index (κ2) is 5.88. The van der Waals surface area contributed by atoms with Crippen molar-refractivity contribution in [3.05, 3.63) is 58.1 Å². The maximum atomic E-state index is 13.6. The van der Waals surface area contributed by atoms with E-state index in [2.05, 4.69) is 10.3 Å². The van der Waals surface area contributed by atoms with E-state index in [-0.39, 0.29) is 22.0 Å². The molecule has 0 radical (unpaired) electrons. The Morgan fingerprint density at radius 1 is 1.24 bits per heavy atom. The third-order valence-corrected chi connectivity index (χ3v) is 2.84. The zero-order valence-electron chi connectivity index (χ0n) is 10.9. The lowest BCUT2D eigenvalue weighted by Gasteiger charge is -2.08. The molecule has 0 saturated carbocycles. The number of amides is 1. The first-order chi connectivity index (χ1) is 9.86. The van der Waals surface area contributed by atoms with E-state index in [1.807, 2.05) is 0 Å². The number of hydrogen-bond acceptors (Lipinski definition) is 3. The highest BCUT2D eigenvalue weighted by atomic mass is 35.5. The van der Waals surface area contributed by atoms with Crippen molar-refractivity contribution in [1.82, 2.24) is 4.98 Å². The number of nitrogens with zero attached hydrogens (tertiary/aromatic N) is 1. The fourth-order valence-corrected chi connectivity index (χ4v) is 1.96. The number of aromatic carboxylic acids is 1. The summed E-state index contributed by atoms with van der Waals surface area (Å²) in [6, 6.07) is 5.96. The number of hydrogen-bond donors (Lipinski definition) is 2. The lowest BCUT2D eigenvalue weighted by molar-refractivity contribution is 0.0696. The zero-order valence-corrected chi connectivity index (χ0v) is 11.6. The molecule has 0 bridgehead atoms. The molecule has 0 unspecified atom stereocenters. The van der Waals surface area contributed by atoms with E-state index in [1.54, 1.807) is 6.92 Å². The molecule has 5 nitrogen and oxygen atoms in total. The van der Waals surface area contributed by atoms with Crippen LogP contribution >= 0.6 is 11.6 Å². The minimum atomic E-state index is -1.21. The van der Waals surface area contributed by atoms with Crippen LogP contribution in [0.2, 0.25) is 5.15 Å². The molecule has 0 spiro atoms. The van der Waals surface area contributed by atoms with Gasteiger partial charge in [-0.15, -0.1) is 0 Å². The summed E-state index contributed by atoms with van der Waals surface area (Å²) in [6.45, 7) is 1.66. The SMILES string of the molecule is Cc1cc(C(=O)Nc2cc(C(=O)O)ccc2F)cc(Cl)n1. The number of aromatic nitrogens is 1. The number of carbonyl (C=O) groups is 2. The van der Waals surface area contributed by atoms with Crippen LogP contribution in [0.4, 0.5) is 10.1 Å². The van der Waals surface area contributed by atoms with Crippen molar-refractivity contribution in [3.8, 4) is 0 Å². The Morgan fingerprint density at radius 3 is 2.57 bits per heavy atom. The smallest absolute Gasteiger partial charge is 0.335 e. The van der Waals surface area contributed by atoms with Crippen LogP contribution in [0, 0.1) is 12.7 Å². The van der Waals surface area contributed by atoms with E-state index in [4.69, 9.17) is 16.7 Å². The number of carboxylic acid groups (broad SMARTS) is 1. The van der Waals surface area contributed by atoms with Gasteiger partial charge >= 0.3 is 5.97 Å². The monoisotopic (exact) mass is 308 g/mol. The molecule has 1 aromatic carbocycles. The number of benzene rings is 1. The first-order valence-electron chi connectivity index (χ1n) is 5.85. The number of carboxylic acids is 1. The van der Waals surface area contributed by atoms with Gasteiger partial charge in [0, 0.05) is 11.3 Å². The average molecular weight is 309 g/mol. The fourth-order valence-electron chi connectivity index (χ4n) is 1.71. The number of carbonyl (C=O) groups excluding carboxylic acids is 1. The third-order valence-electron chi connectivity index (χ3n) is 2.65. The maximum absolute atomic E-state index is 13.6. The number of rotatable bonds is 3. The van der Waals surface area contributed by atoms with E-state index >= 15 is 0 Å². The van der Waals surface area contributed by atoms with Gasteiger partial charge in [0.05, 0.1) is 11.3 Å². The second-order valence-corrected chi connectivity index (χ2v) is 4.66. The summed E-state index contributed by atoms with van der Waals surface area (Å²) in [7, 11) is 0. The minimum absolute atomic E-state index is 0.129. The molecule has 0 aliphatic carbocycles. The molecule has 0 atom stereocenters. The molecule has 1 aromatic heterocycles. The van der Waals surface area contributed by atoms with Gasteiger partial charge < -0.3 is 10.4 Å². The van der Waals surface area contributed by atoms with Crippen LogP contribution in [-0.2, 0) is 0 Å². The van der Waals surface area contributed by atoms with Gasteiger partial charge in [-0.1, -0.05) is 11.6 Å². The highest BCUT2D eigenvalue weighted by Crippen LogP contribution is 2.18. The Balaban J connectivity index is 2.31. The van der Waals surface area contributed by atoms with Crippen molar-refractivity contribution in [3.63, 3.8) is 0 Å². The maximum Gasteiger partial charge on any atom is 0.335 e. The van der Waals surface area contributed by atoms with Crippen LogP contribution in [0.25, 0.3) is 0 Å². The lowest BCUT2D eigenvalue weighted by atomic mass is 10.1. The Kier molecular flexibility index (Phi) is 4.18. The van der Waals surface area contributed by atoms with E-state index < -0.39 is 17.7 Å². The number of aryl methyl sites for hydroxylation is 1. The van der Waals surface area contributed by atoms with Gasteiger partial charge in [-0.05, 0) is 37.3 Å². The molecule has 108 valence electrons. The number of nitrogens with one attached hydrogen (secondary N) is 1. The molecule has 2 N–H and O–H groups in total. The van der Waals surface area contributed by atoms with Crippen molar-refractivity contribution < 1.29 is 19.1 Å². The van der Waals surface area contributed by atoms with Crippen LogP contribution in [0.15, 0.2) is 30.3 Å². The first-order valence-corrected chi connectivity index (χ1v) is 6.23. The fraction of sp³-hybridized carbons (Fsp3) is 0.0714. The molecule has 0 saturated heterocycles. The van der Waals surface area contributed by atoms with E-state index in [0.29, 0.717) is 5.69 Å². The summed E-state index contributed by atoms with van der Waals surface area (Å²) in [5.74, 6) is -2.55. The van der Waals surface area contributed by atoms with Crippen molar-refractivity contribution in [2.75, 3.05) is 5.32 Å². The quantitative estimate of drug-likeness (QED) is 0.854. The standard InChI is InChI=1S/C14H10ClFN2O3/c1-7-4-9(6-12(15)17-7)13(19)18-11-5-8(14(20)21)2-3-10(11)16/h2-6H,1H3,(H,18,19)(H,20,21). The summed E-state index contributed by atoms with van der Waals surface area (Å²) in [6.07, 6.45) is 0. The molecule has 21 heavy (non-hydrogen) atoms. The summed E-state index contributed by atoms with van der Waals surface area (Å²) >= 11 is 5.75. The van der Waals surface area contributed by atoms with Gasteiger partial charge in [-0.2, -0.15) is 0 Å². The molecule has 1 amide bonds. The van der Waals surface area contributed by atoms with Crippen LogP contribution in [-0.4, -0.2) is 22.0 Å². The van der Waals surface area contributed by atoms with Gasteiger partial charge in [0.15, 0.2) is 0 Å². The van der Waals surface area contributed by atoms with Gasteiger partial charge in [-0.25, -0.2) is 14.2 Å². The number of pyridine rings is 1. The normalized spacial score (nSPS) is 10.2. The summed E-state index contributed by atoms with van der Waals surface area (Å²) in [5.41, 5.74) is 0.390. The van der Waals surface area contributed by atoms with E-state index in [0.717, 1.165) is 18.2 Å². The van der Waals surface area contributed by atoms with Crippen LogP contribution < -0.4 is 5.32 Å². The Hall–Kier alpha value is -2.47. The average Bonchev–Trinajstić information content (AvgIpc) is 2.39. The molecular weight excluding hydrogens is 299 g/mol. The first kappa shape index (κ1) is 14.9. The second-order valence-electron chi connectivity index (χ2n) is 4.27. The topological polar surface area (TPSA) is 79.3 Å². The molecular formula is C14H10ClFN2O3. The summed E-state index contributed by atoms with van der Waals surface area (Å²) in [5, 5.41) is 11.3. The van der Waals surface area contributed by atoms with Gasteiger partial charge in [0.2, 0.25) is 0 Å². The molecule has 0 aliphatic rings. The minimum Gasteiger partial charge on any atom is -0.478 e. The van der Waals surface area contributed by atoms with Gasteiger partial charge in [-0.3, -0.25) is 4.79 Å². The predicted octanol–water partition coefficient (Wildman–Crippen LogP) is 3.13. The Morgan fingerprint density at radius 2 is 1.95 bits per heavy atom. The van der Waals surface area contributed by atoms with Crippen LogP contribution in [0.1, 0.15) is 26.4 Å². The molecule has 7 heteroatoms. The molecule has 2 aromatic rings.